The fourth-order valence-corrected chi connectivity index (χ4v) is 6.71. The number of carbonyl (C=O) groups is 12. The quantitative estimate of drug-likeness (QED) is 0.0366. The maximum absolute atomic E-state index is 13.2. The van der Waals surface area contributed by atoms with E-state index in [2.05, 4.69) is 26.6 Å². The number of carboxylic acids is 4. The highest BCUT2D eigenvalue weighted by Crippen LogP contribution is 2.10. The van der Waals surface area contributed by atoms with E-state index < -0.39 is 116 Å². The average Bonchev–Trinajstić information content (AvgIpc) is 3.31. The van der Waals surface area contributed by atoms with Gasteiger partial charge in [-0.2, -0.15) is 0 Å². The van der Waals surface area contributed by atoms with Gasteiger partial charge in [0.2, 0.25) is 35.4 Å². The molecule has 0 fully saturated rings. The first-order valence-corrected chi connectivity index (χ1v) is 24.7. The molecule has 0 aliphatic rings. The molecule has 0 aliphatic heterocycles. The molecule has 0 aromatic carbocycles. The first kappa shape index (κ1) is 66.9. The number of rotatable bonds is 50. The molecule has 26 nitrogen and oxygen atoms in total. The molecule has 0 saturated heterocycles. The Bertz CT molecular complexity index is 1730. The number of nitrogens with two attached hydrogens (primary N) is 1. The summed E-state index contributed by atoms with van der Waals surface area (Å²) in [7, 11) is 0. The summed E-state index contributed by atoms with van der Waals surface area (Å²) >= 11 is 0. The number of unbranched alkanes of at least 4 members (excludes halogenated alkanes) is 8. The smallest absolute Gasteiger partial charge is 0.305 e. The Morgan fingerprint density at radius 1 is 0.370 bits per heavy atom. The van der Waals surface area contributed by atoms with Crippen molar-refractivity contribution in [2.45, 2.75) is 159 Å². The monoisotopic (exact) mass is 1050 g/mol. The number of carboxylic acid groups (broad SMARTS) is 4. The highest BCUT2D eigenvalue weighted by atomic mass is 16.5. The SMILES string of the molecule is NC(=O)CCCCCCCCCCNC(=O)C(CCCCNC(=O)COCCOCCCC(=O)C(CC(=O)O)NC(=O)CCC(=O)O)NC(=O)COCCOCCCC(=O)C(CC(=O)O)NC(=O)CCC(=O)O. The van der Waals surface area contributed by atoms with E-state index in [1.54, 1.807) is 0 Å². The zero-order valence-corrected chi connectivity index (χ0v) is 41.8. The lowest BCUT2D eigenvalue weighted by atomic mass is 10.0. The lowest BCUT2D eigenvalue weighted by Gasteiger charge is -2.19. The molecule has 3 atom stereocenters. The highest BCUT2D eigenvalue weighted by molar-refractivity contribution is 5.93. The van der Waals surface area contributed by atoms with Gasteiger partial charge in [0.1, 0.15) is 19.3 Å². The van der Waals surface area contributed by atoms with Crippen LogP contribution >= 0.6 is 0 Å². The van der Waals surface area contributed by atoms with Gasteiger partial charge in [-0.05, 0) is 44.9 Å². The summed E-state index contributed by atoms with van der Waals surface area (Å²) < 4.78 is 21.6. The molecule has 0 aromatic rings. The van der Waals surface area contributed by atoms with E-state index in [0.29, 0.717) is 25.8 Å². The molecule has 0 heterocycles. The number of hydrogen-bond acceptors (Lipinski definition) is 16. The summed E-state index contributed by atoms with van der Waals surface area (Å²) in [6, 6.07) is -3.51. The lowest BCUT2D eigenvalue weighted by molar-refractivity contribution is -0.141. The van der Waals surface area contributed by atoms with Gasteiger partial charge < -0.3 is 71.7 Å². The Morgan fingerprint density at radius 3 is 1.25 bits per heavy atom. The van der Waals surface area contributed by atoms with Crippen molar-refractivity contribution in [1.29, 1.82) is 0 Å². The van der Waals surface area contributed by atoms with E-state index in [9.17, 15) is 57.5 Å². The van der Waals surface area contributed by atoms with Gasteiger partial charge >= 0.3 is 23.9 Å². The fourth-order valence-electron chi connectivity index (χ4n) is 6.71. The molecule has 6 amide bonds. The number of hydrogen-bond donors (Lipinski definition) is 10. The topological polar surface area (TPSA) is 409 Å². The second kappa shape index (κ2) is 43.5. The number of primary amides is 1. The molecule has 0 aromatic heterocycles. The summed E-state index contributed by atoms with van der Waals surface area (Å²) in [5.74, 6) is -9.29. The largest absolute Gasteiger partial charge is 0.481 e. The van der Waals surface area contributed by atoms with Gasteiger partial charge in [0.05, 0.1) is 64.2 Å². The van der Waals surface area contributed by atoms with E-state index >= 15 is 0 Å². The number of nitrogens with one attached hydrogen (secondary N) is 5. The third kappa shape index (κ3) is 42.1. The molecule has 0 saturated carbocycles. The van der Waals surface area contributed by atoms with Crippen molar-refractivity contribution in [3.05, 3.63) is 0 Å². The van der Waals surface area contributed by atoms with Crippen LogP contribution in [0.15, 0.2) is 0 Å². The Kier molecular flexibility index (Phi) is 39.8. The average molecular weight is 1050 g/mol. The fraction of sp³-hybridized carbons (Fsp3) is 0.745. The van der Waals surface area contributed by atoms with Crippen LogP contribution in [0.3, 0.4) is 0 Å². The molecule has 0 bridgehead atoms. The van der Waals surface area contributed by atoms with E-state index in [-0.39, 0.29) is 103 Å². The zero-order chi connectivity index (χ0) is 54.7. The van der Waals surface area contributed by atoms with Gasteiger partial charge in [-0.15, -0.1) is 0 Å². The Hall–Kier alpha value is -6.12. The van der Waals surface area contributed by atoms with Crippen LogP contribution in [0.25, 0.3) is 0 Å². The van der Waals surface area contributed by atoms with Gasteiger partial charge in [0.15, 0.2) is 11.6 Å². The van der Waals surface area contributed by atoms with Gasteiger partial charge in [0, 0.05) is 58.4 Å². The highest BCUT2D eigenvalue weighted by Gasteiger charge is 2.25. The van der Waals surface area contributed by atoms with Crippen molar-refractivity contribution >= 4 is 70.9 Å². The van der Waals surface area contributed by atoms with Crippen LogP contribution in [0.2, 0.25) is 0 Å². The van der Waals surface area contributed by atoms with Crippen molar-refractivity contribution in [2.75, 3.05) is 65.9 Å². The van der Waals surface area contributed by atoms with Crippen LogP contribution in [0.5, 0.6) is 0 Å². The Balaban J connectivity index is 4.72. The maximum atomic E-state index is 13.2. The first-order chi connectivity index (χ1) is 34.8. The Labute approximate surface area is 424 Å². The molecule has 73 heavy (non-hydrogen) atoms. The second-order valence-corrected chi connectivity index (χ2v) is 17.0. The molecule has 0 spiro atoms. The normalized spacial score (nSPS) is 12.1. The number of aliphatic carboxylic acids is 4. The van der Waals surface area contributed by atoms with E-state index in [4.69, 9.17) is 45.1 Å². The minimum absolute atomic E-state index is 0.00670. The number of Topliss-reactive ketones (excluding diaryl/α,β-unsaturated/α-hetero) is 2. The van der Waals surface area contributed by atoms with E-state index in [0.717, 1.165) is 51.4 Å². The number of ketones is 2. The molecule has 0 aliphatic carbocycles. The standard InChI is InChI=1S/C47H78N6O20/c48-38(56)16-7-5-3-1-2-4-6-9-22-50-47(69)33(51-42(60)32-73-28-26-71-24-12-15-37(55)35(30-46(67)68)53-40(58)18-20-44(63)64)13-8-10-21-49-41(59)31-72-27-25-70-23-11-14-36(54)34(29-45(65)66)52-39(57)17-19-43(61)62/h33-35H,1-32H2,(H2,48,56)(H,49,59)(H,50,69)(H,51,60)(H,52,57)(H,53,58)(H,61,62)(H,63,64)(H,65,66)(H,67,68). The molecular formula is C47H78N6O20. The van der Waals surface area contributed by atoms with Crippen molar-refractivity contribution in [2.24, 2.45) is 5.73 Å². The summed E-state index contributed by atoms with van der Waals surface area (Å²) in [5.41, 5.74) is 5.17. The van der Waals surface area contributed by atoms with Crippen LogP contribution in [-0.4, -0.2) is 175 Å². The molecule has 26 heteroatoms. The van der Waals surface area contributed by atoms with Crippen LogP contribution < -0.4 is 32.3 Å². The minimum Gasteiger partial charge on any atom is -0.481 e. The second-order valence-electron chi connectivity index (χ2n) is 17.0. The van der Waals surface area contributed by atoms with Gasteiger partial charge in [-0.1, -0.05) is 38.5 Å². The van der Waals surface area contributed by atoms with Crippen molar-refractivity contribution < 1.29 is 96.9 Å². The predicted molar refractivity (Wildman–Crippen MR) is 256 cm³/mol. The summed E-state index contributed by atoms with van der Waals surface area (Å²) in [4.78, 5) is 142. The van der Waals surface area contributed by atoms with Gasteiger partial charge in [-0.3, -0.25) is 57.5 Å². The van der Waals surface area contributed by atoms with Crippen molar-refractivity contribution in [3.63, 3.8) is 0 Å². The molecular weight excluding hydrogens is 969 g/mol. The third-order valence-electron chi connectivity index (χ3n) is 10.5. The van der Waals surface area contributed by atoms with Crippen LogP contribution in [0, 0.1) is 0 Å². The van der Waals surface area contributed by atoms with Gasteiger partial charge in [-0.25, -0.2) is 0 Å². The summed E-state index contributed by atoms with van der Waals surface area (Å²) in [5, 5.41) is 48.4. The molecule has 0 rings (SSSR count). The Morgan fingerprint density at radius 2 is 0.781 bits per heavy atom. The molecule has 3 unspecified atom stereocenters. The molecule has 0 radical (unpaired) electrons. The number of amides is 6. The van der Waals surface area contributed by atoms with Crippen LogP contribution in [0.1, 0.15) is 141 Å². The number of ether oxygens (including phenoxy) is 4. The van der Waals surface area contributed by atoms with Crippen LogP contribution in [-0.2, 0) is 76.5 Å². The van der Waals surface area contributed by atoms with Gasteiger partial charge in [0.25, 0.3) is 0 Å². The molecule has 11 N–H and O–H groups in total. The third-order valence-corrected chi connectivity index (χ3v) is 10.5. The number of carbonyl (C=O) groups excluding carboxylic acids is 8. The van der Waals surface area contributed by atoms with Crippen molar-refractivity contribution in [3.8, 4) is 0 Å². The lowest BCUT2D eigenvalue weighted by Crippen LogP contribution is -2.48. The van der Waals surface area contributed by atoms with E-state index in [1.807, 2.05) is 0 Å². The summed E-state index contributed by atoms with van der Waals surface area (Å²) in [6.07, 6.45) is 6.10. The van der Waals surface area contributed by atoms with Crippen LogP contribution in [0.4, 0.5) is 0 Å². The molecule has 416 valence electrons. The zero-order valence-electron chi connectivity index (χ0n) is 41.8. The minimum atomic E-state index is -1.32. The maximum Gasteiger partial charge on any atom is 0.305 e. The first-order valence-electron chi connectivity index (χ1n) is 24.7. The van der Waals surface area contributed by atoms with E-state index in [1.165, 1.54) is 0 Å². The predicted octanol–water partition coefficient (Wildman–Crippen LogP) is 0.284. The summed E-state index contributed by atoms with van der Waals surface area (Å²) in [6.45, 7) is 0.385. The van der Waals surface area contributed by atoms with Crippen molar-refractivity contribution in [1.82, 2.24) is 26.6 Å².